The zero-order chi connectivity index (χ0) is 9.72. The summed E-state index contributed by atoms with van der Waals surface area (Å²) in [5, 5.41) is 19.5. The second-order valence-corrected chi connectivity index (χ2v) is 2.68. The van der Waals surface area contributed by atoms with Crippen LogP contribution in [0.1, 0.15) is 13.8 Å². The Balaban J connectivity index is 4.22. The molecule has 0 fully saturated rings. The lowest BCUT2D eigenvalue weighted by Gasteiger charge is -2.18. The van der Waals surface area contributed by atoms with Crippen molar-refractivity contribution < 1.29 is 19.8 Å². The van der Waals surface area contributed by atoms with E-state index in [4.69, 9.17) is 10.2 Å². The molecule has 70 valence electrons. The van der Waals surface area contributed by atoms with Crippen LogP contribution in [0.5, 0.6) is 0 Å². The van der Waals surface area contributed by atoms with Crippen molar-refractivity contribution >= 4 is 11.9 Å². The second-order valence-electron chi connectivity index (χ2n) is 2.68. The van der Waals surface area contributed by atoms with Gasteiger partial charge < -0.3 is 15.5 Å². The van der Waals surface area contributed by atoms with Crippen molar-refractivity contribution in [2.45, 2.75) is 19.9 Å². The van der Waals surface area contributed by atoms with Gasteiger partial charge in [-0.25, -0.2) is 4.79 Å². The first-order chi connectivity index (χ1) is 5.49. The average Bonchev–Trinajstić information content (AvgIpc) is 1.98. The molecule has 0 saturated carbocycles. The number of aliphatic carboxylic acids is 1. The van der Waals surface area contributed by atoms with Crippen LogP contribution < -0.4 is 5.32 Å². The van der Waals surface area contributed by atoms with E-state index in [-0.39, 0.29) is 6.61 Å². The number of rotatable bonds is 4. The Kier molecular flexibility index (Phi) is 4.28. The van der Waals surface area contributed by atoms with Crippen LogP contribution in [-0.2, 0) is 9.59 Å². The lowest BCUT2D eigenvalue weighted by molar-refractivity contribution is -0.143. The van der Waals surface area contributed by atoms with Gasteiger partial charge in [0.1, 0.15) is 6.04 Å². The second kappa shape index (κ2) is 4.71. The molecular formula is C7H13NO4. The van der Waals surface area contributed by atoms with E-state index in [0.29, 0.717) is 0 Å². The van der Waals surface area contributed by atoms with Gasteiger partial charge in [-0.15, -0.1) is 0 Å². The highest BCUT2D eigenvalue weighted by molar-refractivity contribution is 5.82. The number of hydrogen-bond acceptors (Lipinski definition) is 3. The summed E-state index contributed by atoms with van der Waals surface area (Å²) in [6.07, 6.45) is 0. The SMILES string of the molecule is CC(=O)N[C@H](C(=O)O)C(C)CO. The molecule has 0 radical (unpaired) electrons. The van der Waals surface area contributed by atoms with Gasteiger partial charge in [-0.1, -0.05) is 6.92 Å². The van der Waals surface area contributed by atoms with Crippen molar-refractivity contribution in [3.05, 3.63) is 0 Å². The van der Waals surface area contributed by atoms with Crippen molar-refractivity contribution in [3.8, 4) is 0 Å². The number of carbonyl (C=O) groups excluding carboxylic acids is 1. The third-order valence-corrected chi connectivity index (χ3v) is 1.48. The van der Waals surface area contributed by atoms with Gasteiger partial charge in [0, 0.05) is 19.4 Å². The lowest BCUT2D eigenvalue weighted by atomic mass is 10.0. The zero-order valence-electron chi connectivity index (χ0n) is 7.07. The summed E-state index contributed by atoms with van der Waals surface area (Å²) in [4.78, 5) is 21.0. The number of nitrogens with one attached hydrogen (secondary N) is 1. The van der Waals surface area contributed by atoms with Crippen LogP contribution in [-0.4, -0.2) is 34.7 Å². The molecule has 0 saturated heterocycles. The highest BCUT2D eigenvalue weighted by Gasteiger charge is 2.24. The molecular weight excluding hydrogens is 162 g/mol. The summed E-state index contributed by atoms with van der Waals surface area (Å²) in [6, 6.07) is -1.01. The first-order valence-electron chi connectivity index (χ1n) is 3.59. The summed E-state index contributed by atoms with van der Waals surface area (Å²) in [5.74, 6) is -2.03. The van der Waals surface area contributed by atoms with E-state index >= 15 is 0 Å². The number of hydrogen-bond donors (Lipinski definition) is 3. The molecule has 0 bridgehead atoms. The first-order valence-corrected chi connectivity index (χ1v) is 3.59. The minimum Gasteiger partial charge on any atom is -0.480 e. The van der Waals surface area contributed by atoms with E-state index in [9.17, 15) is 9.59 Å². The van der Waals surface area contributed by atoms with E-state index in [1.165, 1.54) is 6.92 Å². The number of carbonyl (C=O) groups is 2. The molecule has 0 aliphatic heterocycles. The minimum absolute atomic E-state index is 0.267. The van der Waals surface area contributed by atoms with Crippen LogP contribution in [0, 0.1) is 5.92 Å². The van der Waals surface area contributed by atoms with E-state index in [2.05, 4.69) is 5.32 Å². The lowest BCUT2D eigenvalue weighted by Crippen LogP contribution is -2.45. The van der Waals surface area contributed by atoms with Gasteiger partial charge in [-0.3, -0.25) is 4.79 Å². The van der Waals surface area contributed by atoms with Crippen molar-refractivity contribution in [3.63, 3.8) is 0 Å². The van der Waals surface area contributed by atoms with Gasteiger partial charge in [0.25, 0.3) is 0 Å². The largest absolute Gasteiger partial charge is 0.480 e. The molecule has 0 spiro atoms. The van der Waals surface area contributed by atoms with E-state index in [0.717, 1.165) is 0 Å². The van der Waals surface area contributed by atoms with Crippen LogP contribution in [0.3, 0.4) is 0 Å². The van der Waals surface area contributed by atoms with Crippen molar-refractivity contribution in [1.29, 1.82) is 0 Å². The molecule has 2 atom stereocenters. The van der Waals surface area contributed by atoms with Gasteiger partial charge in [-0.05, 0) is 0 Å². The topological polar surface area (TPSA) is 86.6 Å². The molecule has 3 N–H and O–H groups in total. The maximum absolute atomic E-state index is 10.5. The van der Waals surface area contributed by atoms with Crippen LogP contribution >= 0.6 is 0 Å². The molecule has 5 heteroatoms. The molecule has 0 aliphatic rings. The quantitative estimate of drug-likeness (QED) is 0.522. The summed E-state index contributed by atoms with van der Waals surface area (Å²) in [7, 11) is 0. The Hall–Kier alpha value is -1.10. The van der Waals surface area contributed by atoms with Gasteiger partial charge in [0.05, 0.1) is 0 Å². The highest BCUT2D eigenvalue weighted by Crippen LogP contribution is 2.01. The zero-order valence-corrected chi connectivity index (χ0v) is 7.07. The van der Waals surface area contributed by atoms with Crippen LogP contribution in [0.2, 0.25) is 0 Å². The van der Waals surface area contributed by atoms with Crippen LogP contribution in [0.15, 0.2) is 0 Å². The molecule has 1 unspecified atom stereocenters. The molecule has 0 rings (SSSR count). The average molecular weight is 175 g/mol. The Bertz CT molecular complexity index is 180. The Morgan fingerprint density at radius 2 is 2.00 bits per heavy atom. The molecule has 0 aromatic heterocycles. The Morgan fingerprint density at radius 3 is 2.25 bits per heavy atom. The summed E-state index contributed by atoms with van der Waals surface area (Å²) in [5.41, 5.74) is 0. The molecule has 1 amide bonds. The molecule has 0 aliphatic carbocycles. The smallest absolute Gasteiger partial charge is 0.326 e. The monoisotopic (exact) mass is 175 g/mol. The number of carboxylic acid groups (broad SMARTS) is 1. The highest BCUT2D eigenvalue weighted by atomic mass is 16.4. The fraction of sp³-hybridized carbons (Fsp3) is 0.714. The van der Waals surface area contributed by atoms with Gasteiger partial charge in [0.15, 0.2) is 0 Å². The van der Waals surface area contributed by atoms with Crippen LogP contribution in [0.25, 0.3) is 0 Å². The minimum atomic E-state index is -1.13. The normalized spacial score (nSPS) is 14.9. The summed E-state index contributed by atoms with van der Waals surface area (Å²) < 4.78 is 0. The van der Waals surface area contributed by atoms with Gasteiger partial charge in [-0.2, -0.15) is 0 Å². The van der Waals surface area contributed by atoms with E-state index in [1.54, 1.807) is 6.92 Å². The summed E-state index contributed by atoms with van der Waals surface area (Å²) in [6.45, 7) is 2.52. The van der Waals surface area contributed by atoms with Crippen molar-refractivity contribution in [2.75, 3.05) is 6.61 Å². The van der Waals surface area contributed by atoms with Crippen molar-refractivity contribution in [2.24, 2.45) is 5.92 Å². The molecule has 0 heterocycles. The number of aliphatic hydroxyl groups excluding tert-OH is 1. The van der Waals surface area contributed by atoms with E-state index in [1.807, 2.05) is 0 Å². The van der Waals surface area contributed by atoms with Crippen LogP contribution in [0.4, 0.5) is 0 Å². The summed E-state index contributed by atoms with van der Waals surface area (Å²) >= 11 is 0. The van der Waals surface area contributed by atoms with E-state index < -0.39 is 23.8 Å². The van der Waals surface area contributed by atoms with Gasteiger partial charge >= 0.3 is 5.97 Å². The fourth-order valence-corrected chi connectivity index (χ4v) is 0.772. The number of amides is 1. The van der Waals surface area contributed by atoms with Gasteiger partial charge in [0.2, 0.25) is 5.91 Å². The Morgan fingerprint density at radius 1 is 1.50 bits per heavy atom. The predicted molar refractivity (Wildman–Crippen MR) is 41.5 cm³/mol. The van der Waals surface area contributed by atoms with Crippen molar-refractivity contribution in [1.82, 2.24) is 5.32 Å². The fourth-order valence-electron chi connectivity index (χ4n) is 0.772. The predicted octanol–water partition coefficient (Wildman–Crippen LogP) is -0.796. The molecule has 5 nitrogen and oxygen atoms in total. The first kappa shape index (κ1) is 10.9. The maximum atomic E-state index is 10.5. The number of carboxylic acids is 1. The number of aliphatic hydroxyl groups is 1. The molecule has 0 aromatic rings. The Labute approximate surface area is 70.4 Å². The standard InChI is InChI=1S/C7H13NO4/c1-4(3-9)6(7(11)12)8-5(2)10/h4,6,9H,3H2,1-2H3,(H,8,10)(H,11,12)/t4?,6-/m0/s1. The third-order valence-electron chi connectivity index (χ3n) is 1.48. The maximum Gasteiger partial charge on any atom is 0.326 e. The third kappa shape index (κ3) is 3.34. The molecule has 0 aromatic carbocycles. The molecule has 12 heavy (non-hydrogen) atoms.